The quantitative estimate of drug-likeness (QED) is 0.544. The second kappa shape index (κ2) is 5.26. The predicted molar refractivity (Wildman–Crippen MR) is 99.3 cm³/mol. The molecule has 0 spiro atoms. The minimum atomic E-state index is -0.171. The topological polar surface area (TPSA) is 57.3 Å². The van der Waals surface area contributed by atoms with Gasteiger partial charge in [0.15, 0.2) is 0 Å². The molecule has 3 aromatic rings. The Bertz CT molecular complexity index is 960. The number of H-pyrrole nitrogens is 1. The van der Waals surface area contributed by atoms with Crippen LogP contribution in [0.4, 0.5) is 5.69 Å². The first-order chi connectivity index (χ1) is 11.5. The Balaban J connectivity index is 1.99. The van der Waals surface area contributed by atoms with Crippen LogP contribution in [0.2, 0.25) is 0 Å². The molecule has 124 valence electrons. The van der Waals surface area contributed by atoms with Crippen LogP contribution < -0.4 is 10.2 Å². The molecule has 0 saturated carbocycles. The molecule has 24 heavy (non-hydrogen) atoms. The van der Waals surface area contributed by atoms with Gasteiger partial charge in [-0.2, -0.15) is 0 Å². The molecule has 0 saturated heterocycles. The number of aromatic amines is 1. The summed E-state index contributed by atoms with van der Waals surface area (Å²) in [6, 6.07) is 10.4. The number of ether oxygens (including phenoxy) is 1. The zero-order chi connectivity index (χ0) is 17.1. The summed E-state index contributed by atoms with van der Waals surface area (Å²) < 4.78 is 6.49. The van der Waals surface area contributed by atoms with Gasteiger partial charge in [0.25, 0.3) is 0 Å². The van der Waals surface area contributed by atoms with Crippen molar-refractivity contribution in [2.24, 2.45) is 0 Å². The van der Waals surface area contributed by atoms with Gasteiger partial charge < -0.3 is 9.72 Å². The predicted octanol–water partition coefficient (Wildman–Crippen LogP) is 4.97. The van der Waals surface area contributed by atoms with E-state index in [0.717, 1.165) is 16.4 Å². The third-order valence-corrected chi connectivity index (χ3v) is 5.57. The number of hydrogen-bond acceptors (Lipinski definition) is 3. The monoisotopic (exact) mass is 386 g/mol. The Kier molecular flexibility index (Phi) is 3.41. The number of aromatic nitrogens is 1. The largest absolute Gasteiger partial charge is 0.494 e. The molecule has 2 aromatic carbocycles. The zero-order valence-corrected chi connectivity index (χ0v) is 15.4. The molecule has 5 heteroatoms. The number of nitrogens with one attached hydrogen (secondary N) is 2. The van der Waals surface area contributed by atoms with Gasteiger partial charge in [-0.1, -0.05) is 35.8 Å². The van der Waals surface area contributed by atoms with Crippen molar-refractivity contribution in [3.63, 3.8) is 0 Å². The molecule has 0 atom stereocenters. The highest BCUT2D eigenvalue weighted by Gasteiger charge is 2.36. The summed E-state index contributed by atoms with van der Waals surface area (Å²) in [4.78, 5) is 3.62. The number of halogens is 1. The third kappa shape index (κ3) is 2.08. The van der Waals surface area contributed by atoms with E-state index < -0.39 is 0 Å². The first-order valence-electron chi connectivity index (χ1n) is 7.87. The van der Waals surface area contributed by atoms with Crippen LogP contribution in [0, 0.1) is 0 Å². The van der Waals surface area contributed by atoms with Crippen LogP contribution in [0.3, 0.4) is 0 Å². The lowest BCUT2D eigenvalue weighted by molar-refractivity contribution is 0.372. The smallest absolute Gasteiger partial charge is 0.144 e. The van der Waals surface area contributed by atoms with Crippen LogP contribution in [0.1, 0.15) is 36.2 Å². The van der Waals surface area contributed by atoms with Gasteiger partial charge in [-0.05, 0) is 41.0 Å². The SMILES string of the molecule is COc1cc2c(cc1NO)Cc1c([nH]c3cc(Br)ccc13)C2(C)C. The molecule has 0 amide bonds. The number of benzene rings is 2. The summed E-state index contributed by atoms with van der Waals surface area (Å²) in [6.45, 7) is 4.44. The van der Waals surface area contributed by atoms with Gasteiger partial charge in [-0.25, -0.2) is 0 Å². The lowest BCUT2D eigenvalue weighted by Crippen LogP contribution is -2.27. The molecule has 1 aromatic heterocycles. The van der Waals surface area contributed by atoms with E-state index >= 15 is 0 Å². The van der Waals surface area contributed by atoms with Gasteiger partial charge in [0.05, 0.1) is 7.11 Å². The van der Waals surface area contributed by atoms with Crippen LogP contribution in [-0.4, -0.2) is 17.3 Å². The molecule has 0 bridgehead atoms. The minimum Gasteiger partial charge on any atom is -0.494 e. The third-order valence-electron chi connectivity index (χ3n) is 5.08. The fraction of sp³-hybridized carbons (Fsp3) is 0.263. The summed E-state index contributed by atoms with van der Waals surface area (Å²) >= 11 is 3.55. The first-order valence-corrected chi connectivity index (χ1v) is 8.67. The number of methoxy groups -OCH3 is 1. The summed E-state index contributed by atoms with van der Waals surface area (Å²) in [5.41, 5.74) is 8.80. The van der Waals surface area contributed by atoms with Crippen LogP contribution in [-0.2, 0) is 11.8 Å². The molecule has 3 N–H and O–H groups in total. The van der Waals surface area contributed by atoms with E-state index in [9.17, 15) is 5.21 Å². The molecule has 0 fully saturated rings. The molecule has 4 rings (SSSR count). The number of hydrogen-bond donors (Lipinski definition) is 3. The van der Waals surface area contributed by atoms with E-state index in [0.29, 0.717) is 11.4 Å². The number of anilines is 1. The van der Waals surface area contributed by atoms with Crippen molar-refractivity contribution in [1.29, 1.82) is 0 Å². The van der Waals surface area contributed by atoms with Gasteiger partial charge in [-0.3, -0.25) is 10.7 Å². The van der Waals surface area contributed by atoms with Crippen LogP contribution in [0.5, 0.6) is 5.75 Å². The van der Waals surface area contributed by atoms with Crippen molar-refractivity contribution in [3.05, 3.63) is 57.2 Å². The first kappa shape index (κ1) is 15.5. The van der Waals surface area contributed by atoms with E-state index in [4.69, 9.17) is 4.74 Å². The Morgan fingerprint density at radius 1 is 1.25 bits per heavy atom. The summed E-state index contributed by atoms with van der Waals surface area (Å²) in [6.07, 6.45) is 0.828. The Morgan fingerprint density at radius 2 is 2.04 bits per heavy atom. The van der Waals surface area contributed by atoms with Crippen LogP contribution in [0.25, 0.3) is 10.9 Å². The van der Waals surface area contributed by atoms with E-state index in [1.54, 1.807) is 7.11 Å². The molecular formula is C19H19BrN2O2. The maximum Gasteiger partial charge on any atom is 0.144 e. The Hall–Kier alpha value is -1.98. The summed E-state index contributed by atoms with van der Waals surface area (Å²) in [5.74, 6) is 0.645. The van der Waals surface area contributed by atoms with Crippen molar-refractivity contribution >= 4 is 32.5 Å². The van der Waals surface area contributed by atoms with Gasteiger partial charge in [-0.15, -0.1) is 0 Å². The zero-order valence-electron chi connectivity index (χ0n) is 13.8. The van der Waals surface area contributed by atoms with Crippen molar-refractivity contribution in [1.82, 2.24) is 4.98 Å². The lowest BCUT2D eigenvalue weighted by Gasteiger charge is -2.33. The average molecular weight is 387 g/mol. The maximum atomic E-state index is 9.40. The highest BCUT2D eigenvalue weighted by atomic mass is 79.9. The molecule has 1 heterocycles. The molecule has 4 nitrogen and oxygen atoms in total. The van der Waals surface area contributed by atoms with Crippen molar-refractivity contribution in [3.8, 4) is 5.75 Å². The highest BCUT2D eigenvalue weighted by molar-refractivity contribution is 9.10. The second-order valence-corrected chi connectivity index (χ2v) is 7.71. The average Bonchev–Trinajstić information content (AvgIpc) is 2.92. The fourth-order valence-corrected chi connectivity index (χ4v) is 4.24. The molecule has 0 unspecified atom stereocenters. The molecule has 1 aliphatic rings. The van der Waals surface area contributed by atoms with Gasteiger partial charge >= 0.3 is 0 Å². The molecule has 0 aliphatic heterocycles. The minimum absolute atomic E-state index is 0.171. The standard InChI is InChI=1S/C19H19BrN2O2/c1-19(2)14-9-17(24-3)16(22-23)7-10(14)6-13-12-5-4-11(20)8-15(12)21-18(13)19/h4-5,7-9,21-23H,6H2,1-3H3. The van der Waals surface area contributed by atoms with Crippen LogP contribution in [0.15, 0.2) is 34.8 Å². The van der Waals surface area contributed by atoms with Crippen molar-refractivity contribution < 1.29 is 9.94 Å². The van der Waals surface area contributed by atoms with Gasteiger partial charge in [0, 0.05) is 32.9 Å². The van der Waals surface area contributed by atoms with Gasteiger partial charge in [0.2, 0.25) is 0 Å². The summed E-state index contributed by atoms with van der Waals surface area (Å²) in [7, 11) is 1.62. The lowest BCUT2D eigenvalue weighted by atomic mass is 9.71. The van der Waals surface area contributed by atoms with Crippen molar-refractivity contribution in [2.75, 3.05) is 12.6 Å². The Morgan fingerprint density at radius 3 is 2.75 bits per heavy atom. The molecule has 0 radical (unpaired) electrons. The second-order valence-electron chi connectivity index (χ2n) is 6.79. The molecular weight excluding hydrogens is 368 g/mol. The Labute approximate surface area is 148 Å². The van der Waals surface area contributed by atoms with Gasteiger partial charge in [0.1, 0.15) is 11.4 Å². The summed E-state index contributed by atoms with van der Waals surface area (Å²) in [5, 5.41) is 10.6. The number of fused-ring (bicyclic) bond motifs is 4. The maximum absolute atomic E-state index is 9.40. The fourth-order valence-electron chi connectivity index (χ4n) is 3.88. The highest BCUT2D eigenvalue weighted by Crippen LogP contribution is 2.46. The van der Waals surface area contributed by atoms with E-state index in [1.165, 1.54) is 27.8 Å². The molecule has 1 aliphatic carbocycles. The van der Waals surface area contributed by atoms with E-state index in [1.807, 2.05) is 12.1 Å². The van der Waals surface area contributed by atoms with Crippen LogP contribution >= 0.6 is 15.9 Å². The van der Waals surface area contributed by atoms with Crippen molar-refractivity contribution in [2.45, 2.75) is 25.7 Å². The van der Waals surface area contributed by atoms with E-state index in [-0.39, 0.29) is 5.41 Å². The normalized spacial score (nSPS) is 15.0. The van der Waals surface area contributed by atoms with E-state index in [2.05, 4.69) is 58.4 Å². The number of rotatable bonds is 2.